The van der Waals surface area contributed by atoms with Crippen LogP contribution in [0.1, 0.15) is 34.5 Å². The summed E-state index contributed by atoms with van der Waals surface area (Å²) >= 11 is 3.41. The van der Waals surface area contributed by atoms with Gasteiger partial charge in [-0.05, 0) is 49.2 Å². The highest BCUT2D eigenvalue weighted by Gasteiger charge is 2.12. The molecule has 0 saturated carbocycles. The molecule has 0 aliphatic rings. The topological polar surface area (TPSA) is 29.1 Å². The molecule has 0 fully saturated rings. The molecular formula is C16H15BrFNO. The summed E-state index contributed by atoms with van der Waals surface area (Å²) in [6.07, 6.45) is 0. The molecule has 0 radical (unpaired) electrons. The van der Waals surface area contributed by atoms with Crippen LogP contribution in [0.5, 0.6) is 0 Å². The van der Waals surface area contributed by atoms with Gasteiger partial charge in [0.15, 0.2) is 0 Å². The summed E-state index contributed by atoms with van der Waals surface area (Å²) in [6, 6.07) is 11.4. The minimum atomic E-state index is -0.283. The Bertz CT molecular complexity index is 625. The van der Waals surface area contributed by atoms with Gasteiger partial charge in [-0.3, -0.25) is 4.79 Å². The number of amides is 1. The van der Waals surface area contributed by atoms with Gasteiger partial charge in [-0.25, -0.2) is 4.39 Å². The zero-order valence-corrected chi connectivity index (χ0v) is 12.9. The molecule has 2 aromatic rings. The molecule has 0 bridgehead atoms. The van der Waals surface area contributed by atoms with Gasteiger partial charge in [0, 0.05) is 10.0 Å². The average Bonchev–Trinajstić information content (AvgIpc) is 2.42. The zero-order valence-electron chi connectivity index (χ0n) is 11.3. The first-order chi connectivity index (χ1) is 9.47. The van der Waals surface area contributed by atoms with Crippen LogP contribution in [0.15, 0.2) is 46.9 Å². The maximum Gasteiger partial charge on any atom is 0.251 e. The van der Waals surface area contributed by atoms with E-state index in [2.05, 4.69) is 21.2 Å². The van der Waals surface area contributed by atoms with E-state index < -0.39 is 0 Å². The Kier molecular flexibility index (Phi) is 4.55. The maximum atomic E-state index is 12.9. The van der Waals surface area contributed by atoms with Crippen molar-refractivity contribution in [3.8, 4) is 0 Å². The van der Waals surface area contributed by atoms with Gasteiger partial charge >= 0.3 is 0 Å². The van der Waals surface area contributed by atoms with Gasteiger partial charge < -0.3 is 5.32 Å². The number of aryl methyl sites for hydroxylation is 1. The van der Waals surface area contributed by atoms with E-state index in [4.69, 9.17) is 0 Å². The number of hydrogen-bond donors (Lipinski definition) is 1. The first-order valence-corrected chi connectivity index (χ1v) is 7.09. The molecule has 0 saturated heterocycles. The van der Waals surface area contributed by atoms with Crippen LogP contribution in [0, 0.1) is 12.7 Å². The van der Waals surface area contributed by atoms with Gasteiger partial charge in [0.25, 0.3) is 5.91 Å². The van der Waals surface area contributed by atoms with Crippen molar-refractivity contribution in [1.29, 1.82) is 0 Å². The summed E-state index contributed by atoms with van der Waals surface area (Å²) in [7, 11) is 0. The van der Waals surface area contributed by atoms with Crippen LogP contribution >= 0.6 is 15.9 Å². The zero-order chi connectivity index (χ0) is 14.7. The summed E-state index contributed by atoms with van der Waals surface area (Å²) in [6.45, 7) is 3.83. The molecule has 1 unspecified atom stereocenters. The van der Waals surface area contributed by atoms with Crippen LogP contribution in [-0.2, 0) is 0 Å². The van der Waals surface area contributed by atoms with E-state index in [1.807, 2.05) is 19.9 Å². The molecule has 0 aliphatic heterocycles. The summed E-state index contributed by atoms with van der Waals surface area (Å²) in [5.74, 6) is -0.433. The third-order valence-corrected chi connectivity index (χ3v) is 4.01. The fourth-order valence-electron chi connectivity index (χ4n) is 1.85. The highest BCUT2D eigenvalue weighted by Crippen LogP contribution is 2.19. The van der Waals surface area contributed by atoms with Crippen LogP contribution in [0.4, 0.5) is 4.39 Å². The van der Waals surface area contributed by atoms with E-state index >= 15 is 0 Å². The standard InChI is InChI=1S/C16H15BrFNO/c1-10-3-4-13(9-15(10)17)16(20)19-11(2)12-5-7-14(18)8-6-12/h3-9,11H,1-2H3,(H,19,20). The quantitative estimate of drug-likeness (QED) is 0.885. The van der Waals surface area contributed by atoms with Crippen LogP contribution in [0.3, 0.4) is 0 Å². The highest BCUT2D eigenvalue weighted by molar-refractivity contribution is 9.10. The van der Waals surface area contributed by atoms with E-state index in [0.29, 0.717) is 5.56 Å². The van der Waals surface area contributed by atoms with E-state index in [1.165, 1.54) is 12.1 Å². The number of benzene rings is 2. The highest BCUT2D eigenvalue weighted by atomic mass is 79.9. The van der Waals surface area contributed by atoms with Crippen LogP contribution in [0.25, 0.3) is 0 Å². The smallest absolute Gasteiger partial charge is 0.251 e. The summed E-state index contributed by atoms with van der Waals surface area (Å²) in [5, 5.41) is 2.90. The molecule has 2 nitrogen and oxygen atoms in total. The lowest BCUT2D eigenvalue weighted by atomic mass is 10.1. The van der Waals surface area contributed by atoms with Gasteiger partial charge in [-0.2, -0.15) is 0 Å². The van der Waals surface area contributed by atoms with Crippen molar-refractivity contribution < 1.29 is 9.18 Å². The Morgan fingerprint density at radius 2 is 1.85 bits per heavy atom. The Balaban J connectivity index is 2.10. The molecule has 0 spiro atoms. The van der Waals surface area contributed by atoms with Crippen molar-refractivity contribution in [2.45, 2.75) is 19.9 Å². The number of rotatable bonds is 3. The minimum Gasteiger partial charge on any atom is -0.346 e. The Hall–Kier alpha value is -1.68. The lowest BCUT2D eigenvalue weighted by Gasteiger charge is -2.14. The summed E-state index contributed by atoms with van der Waals surface area (Å²) < 4.78 is 13.8. The summed E-state index contributed by atoms with van der Waals surface area (Å²) in [4.78, 5) is 12.2. The van der Waals surface area contributed by atoms with Crippen LogP contribution < -0.4 is 5.32 Å². The molecular weight excluding hydrogens is 321 g/mol. The number of nitrogens with one attached hydrogen (secondary N) is 1. The second-order valence-electron chi connectivity index (χ2n) is 4.71. The largest absolute Gasteiger partial charge is 0.346 e. The molecule has 2 rings (SSSR count). The van der Waals surface area contributed by atoms with E-state index in [0.717, 1.165) is 15.6 Å². The normalized spacial score (nSPS) is 12.0. The molecule has 2 aromatic carbocycles. The van der Waals surface area contributed by atoms with Crippen LogP contribution in [-0.4, -0.2) is 5.91 Å². The minimum absolute atomic E-state index is 0.150. The van der Waals surface area contributed by atoms with Gasteiger partial charge in [0.2, 0.25) is 0 Å². The number of halogens is 2. The Morgan fingerprint density at radius 3 is 2.45 bits per heavy atom. The fourth-order valence-corrected chi connectivity index (χ4v) is 2.23. The number of carbonyl (C=O) groups excluding carboxylic acids is 1. The first kappa shape index (κ1) is 14.7. The lowest BCUT2D eigenvalue weighted by Crippen LogP contribution is -2.26. The maximum absolute atomic E-state index is 12.9. The number of hydrogen-bond acceptors (Lipinski definition) is 1. The monoisotopic (exact) mass is 335 g/mol. The van der Waals surface area contributed by atoms with E-state index in [-0.39, 0.29) is 17.8 Å². The molecule has 1 N–H and O–H groups in total. The van der Waals surface area contributed by atoms with E-state index in [1.54, 1.807) is 24.3 Å². The molecule has 0 aliphatic carbocycles. The van der Waals surface area contributed by atoms with Crippen LogP contribution in [0.2, 0.25) is 0 Å². The Morgan fingerprint density at radius 1 is 1.20 bits per heavy atom. The van der Waals surface area contributed by atoms with Gasteiger partial charge in [-0.1, -0.05) is 34.1 Å². The molecule has 0 heterocycles. The van der Waals surface area contributed by atoms with Crippen molar-refractivity contribution in [1.82, 2.24) is 5.32 Å². The van der Waals surface area contributed by atoms with Crippen molar-refractivity contribution >= 4 is 21.8 Å². The third kappa shape index (κ3) is 3.45. The molecule has 1 amide bonds. The SMILES string of the molecule is Cc1ccc(C(=O)NC(C)c2ccc(F)cc2)cc1Br. The van der Waals surface area contributed by atoms with Crippen molar-refractivity contribution in [3.05, 3.63) is 69.4 Å². The summed E-state index contributed by atoms with van der Waals surface area (Å²) in [5.41, 5.74) is 2.54. The second kappa shape index (κ2) is 6.18. The lowest BCUT2D eigenvalue weighted by molar-refractivity contribution is 0.0940. The van der Waals surface area contributed by atoms with Crippen molar-refractivity contribution in [3.63, 3.8) is 0 Å². The first-order valence-electron chi connectivity index (χ1n) is 6.30. The third-order valence-electron chi connectivity index (χ3n) is 3.15. The van der Waals surface area contributed by atoms with E-state index in [9.17, 15) is 9.18 Å². The molecule has 4 heteroatoms. The predicted octanol–water partition coefficient (Wildman–Crippen LogP) is 4.39. The molecule has 104 valence electrons. The molecule has 0 aromatic heterocycles. The van der Waals surface area contributed by atoms with Gasteiger partial charge in [-0.15, -0.1) is 0 Å². The fraction of sp³-hybridized carbons (Fsp3) is 0.188. The molecule has 1 atom stereocenters. The van der Waals surface area contributed by atoms with Crippen molar-refractivity contribution in [2.24, 2.45) is 0 Å². The average molecular weight is 336 g/mol. The number of carbonyl (C=O) groups is 1. The van der Waals surface area contributed by atoms with Crippen molar-refractivity contribution in [2.75, 3.05) is 0 Å². The van der Waals surface area contributed by atoms with Gasteiger partial charge in [0.05, 0.1) is 6.04 Å². The second-order valence-corrected chi connectivity index (χ2v) is 5.57. The van der Waals surface area contributed by atoms with Gasteiger partial charge in [0.1, 0.15) is 5.82 Å². The predicted molar refractivity (Wildman–Crippen MR) is 81.2 cm³/mol. The Labute approximate surface area is 126 Å². The molecule has 20 heavy (non-hydrogen) atoms.